The van der Waals surface area contributed by atoms with Crippen molar-refractivity contribution in [2.75, 3.05) is 44.1 Å². The van der Waals surface area contributed by atoms with Crippen molar-refractivity contribution in [3.05, 3.63) is 22.6 Å². The fourth-order valence-corrected chi connectivity index (χ4v) is 1.92. The standard InChI is InChI=1S/C11H20N4O3S/c1-14(2)10-8-11(16)15(13-9-10)6-4-12-5-7-19(3,17)18/h8-9,12H,4-7H2,1-3H3. The maximum absolute atomic E-state index is 11.7. The highest BCUT2D eigenvalue weighted by molar-refractivity contribution is 7.90. The highest BCUT2D eigenvalue weighted by atomic mass is 32.2. The maximum atomic E-state index is 11.7. The summed E-state index contributed by atoms with van der Waals surface area (Å²) in [5.41, 5.74) is 0.586. The number of hydrogen-bond donors (Lipinski definition) is 1. The minimum absolute atomic E-state index is 0.0922. The average Bonchev–Trinajstić information content (AvgIpc) is 2.28. The number of nitrogens with one attached hydrogen (secondary N) is 1. The molecule has 1 N–H and O–H groups in total. The molecule has 19 heavy (non-hydrogen) atoms. The van der Waals surface area contributed by atoms with Crippen molar-refractivity contribution in [3.8, 4) is 0 Å². The lowest BCUT2D eigenvalue weighted by Gasteiger charge is -2.12. The summed E-state index contributed by atoms with van der Waals surface area (Å²) in [6.45, 7) is 1.30. The van der Waals surface area contributed by atoms with Crippen LogP contribution in [0.15, 0.2) is 17.1 Å². The lowest BCUT2D eigenvalue weighted by atomic mass is 10.4. The summed E-state index contributed by atoms with van der Waals surface area (Å²) in [6.07, 6.45) is 2.82. The molecular weight excluding hydrogens is 268 g/mol. The number of hydrogen-bond acceptors (Lipinski definition) is 6. The minimum Gasteiger partial charge on any atom is -0.376 e. The summed E-state index contributed by atoms with van der Waals surface area (Å²) < 4.78 is 23.2. The molecule has 108 valence electrons. The van der Waals surface area contributed by atoms with Gasteiger partial charge >= 0.3 is 0 Å². The summed E-state index contributed by atoms with van der Waals surface area (Å²) >= 11 is 0. The molecule has 0 spiro atoms. The van der Waals surface area contributed by atoms with Crippen molar-refractivity contribution in [1.29, 1.82) is 0 Å². The van der Waals surface area contributed by atoms with E-state index < -0.39 is 9.84 Å². The van der Waals surface area contributed by atoms with Crippen LogP contribution in [0.25, 0.3) is 0 Å². The second-order valence-corrected chi connectivity index (χ2v) is 6.81. The van der Waals surface area contributed by atoms with E-state index >= 15 is 0 Å². The number of nitrogens with zero attached hydrogens (tertiary/aromatic N) is 3. The van der Waals surface area contributed by atoms with Crippen molar-refractivity contribution < 1.29 is 8.42 Å². The largest absolute Gasteiger partial charge is 0.376 e. The molecule has 0 amide bonds. The van der Waals surface area contributed by atoms with Gasteiger partial charge in [-0.05, 0) is 0 Å². The smallest absolute Gasteiger partial charge is 0.268 e. The van der Waals surface area contributed by atoms with Crippen molar-refractivity contribution in [2.24, 2.45) is 0 Å². The molecule has 1 rings (SSSR count). The van der Waals surface area contributed by atoms with Gasteiger partial charge in [-0.15, -0.1) is 0 Å². The Balaban J connectivity index is 2.44. The molecule has 0 radical (unpaired) electrons. The SMILES string of the molecule is CN(C)c1cnn(CCNCCS(C)(=O)=O)c(=O)c1. The Bertz CT molecular complexity index is 566. The maximum Gasteiger partial charge on any atom is 0.268 e. The van der Waals surface area contributed by atoms with Crippen LogP contribution in [0.4, 0.5) is 5.69 Å². The first-order chi connectivity index (χ1) is 8.79. The third kappa shape index (κ3) is 5.84. The zero-order valence-electron chi connectivity index (χ0n) is 11.5. The Hall–Kier alpha value is -1.41. The Morgan fingerprint density at radius 1 is 1.37 bits per heavy atom. The van der Waals surface area contributed by atoms with Gasteiger partial charge in [0, 0.05) is 39.5 Å². The predicted octanol–water partition coefficient (Wildman–Crippen LogP) is -1.06. The van der Waals surface area contributed by atoms with E-state index in [2.05, 4.69) is 10.4 Å². The number of rotatable bonds is 7. The number of anilines is 1. The van der Waals surface area contributed by atoms with Crippen LogP contribution in [0.1, 0.15) is 0 Å². The molecule has 1 heterocycles. The van der Waals surface area contributed by atoms with Crippen LogP contribution in [-0.4, -0.2) is 57.4 Å². The fraction of sp³-hybridized carbons (Fsp3) is 0.636. The molecule has 1 aromatic rings. The van der Waals surface area contributed by atoms with E-state index in [0.717, 1.165) is 5.69 Å². The normalized spacial score (nSPS) is 11.5. The molecular formula is C11H20N4O3S. The Kier molecular flexibility index (Phi) is 5.49. The molecule has 0 atom stereocenters. The van der Waals surface area contributed by atoms with Gasteiger partial charge in [-0.2, -0.15) is 5.10 Å². The van der Waals surface area contributed by atoms with Crippen LogP contribution in [0.5, 0.6) is 0 Å². The zero-order chi connectivity index (χ0) is 14.5. The molecule has 0 unspecified atom stereocenters. The van der Waals surface area contributed by atoms with Gasteiger partial charge in [0.1, 0.15) is 9.84 Å². The fourth-order valence-electron chi connectivity index (χ4n) is 1.40. The second kappa shape index (κ2) is 6.67. The Morgan fingerprint density at radius 2 is 2.05 bits per heavy atom. The third-order valence-corrected chi connectivity index (χ3v) is 3.47. The third-order valence-electron chi connectivity index (χ3n) is 2.52. The first-order valence-corrected chi connectivity index (χ1v) is 7.98. The summed E-state index contributed by atoms with van der Waals surface area (Å²) in [6, 6.07) is 1.52. The number of aromatic nitrogens is 2. The first-order valence-electron chi connectivity index (χ1n) is 5.92. The van der Waals surface area contributed by atoms with E-state index in [-0.39, 0.29) is 11.3 Å². The van der Waals surface area contributed by atoms with Crippen LogP contribution in [0.3, 0.4) is 0 Å². The van der Waals surface area contributed by atoms with Gasteiger partial charge in [0.2, 0.25) is 0 Å². The molecule has 0 aliphatic rings. The lowest BCUT2D eigenvalue weighted by Crippen LogP contribution is -2.31. The highest BCUT2D eigenvalue weighted by Gasteiger charge is 2.03. The van der Waals surface area contributed by atoms with E-state index in [1.54, 1.807) is 6.20 Å². The summed E-state index contributed by atoms with van der Waals surface area (Å²) in [5, 5.41) is 7.02. The average molecular weight is 288 g/mol. The van der Waals surface area contributed by atoms with Crippen LogP contribution >= 0.6 is 0 Å². The highest BCUT2D eigenvalue weighted by Crippen LogP contribution is 2.02. The van der Waals surface area contributed by atoms with E-state index in [9.17, 15) is 13.2 Å². The summed E-state index contributed by atoms with van der Waals surface area (Å²) in [4.78, 5) is 13.5. The van der Waals surface area contributed by atoms with E-state index in [4.69, 9.17) is 0 Å². The Labute approximate surface area is 113 Å². The predicted molar refractivity (Wildman–Crippen MR) is 75.4 cm³/mol. The van der Waals surface area contributed by atoms with Crippen molar-refractivity contribution in [1.82, 2.24) is 15.1 Å². The minimum atomic E-state index is -2.94. The molecule has 0 saturated heterocycles. The van der Waals surface area contributed by atoms with E-state index in [0.29, 0.717) is 19.6 Å². The summed E-state index contributed by atoms with van der Waals surface area (Å²) in [5.74, 6) is 0.0922. The van der Waals surface area contributed by atoms with Gasteiger partial charge in [0.05, 0.1) is 24.2 Å². The number of sulfone groups is 1. The van der Waals surface area contributed by atoms with Crippen LogP contribution < -0.4 is 15.8 Å². The molecule has 7 nitrogen and oxygen atoms in total. The molecule has 0 saturated carbocycles. The zero-order valence-corrected chi connectivity index (χ0v) is 12.3. The van der Waals surface area contributed by atoms with Gasteiger partial charge < -0.3 is 10.2 Å². The molecule has 8 heteroatoms. The van der Waals surface area contributed by atoms with Crippen molar-refractivity contribution in [3.63, 3.8) is 0 Å². The summed E-state index contributed by atoms with van der Waals surface area (Å²) in [7, 11) is 0.737. The molecule has 0 aliphatic carbocycles. The van der Waals surface area contributed by atoms with Crippen molar-refractivity contribution in [2.45, 2.75) is 6.54 Å². The molecule has 0 aromatic carbocycles. The first kappa shape index (κ1) is 15.6. The van der Waals surface area contributed by atoms with Gasteiger partial charge in [-0.1, -0.05) is 0 Å². The molecule has 0 aliphatic heterocycles. The van der Waals surface area contributed by atoms with Crippen LogP contribution in [-0.2, 0) is 16.4 Å². The van der Waals surface area contributed by atoms with E-state index in [1.165, 1.54) is 17.0 Å². The molecule has 1 aromatic heterocycles. The van der Waals surface area contributed by atoms with Gasteiger partial charge in [-0.25, -0.2) is 13.1 Å². The quantitative estimate of drug-likeness (QED) is 0.644. The molecule has 0 fully saturated rings. The monoisotopic (exact) mass is 288 g/mol. The lowest BCUT2D eigenvalue weighted by molar-refractivity contribution is 0.537. The van der Waals surface area contributed by atoms with E-state index in [1.807, 2.05) is 19.0 Å². The Morgan fingerprint density at radius 3 is 2.58 bits per heavy atom. The van der Waals surface area contributed by atoms with Crippen LogP contribution in [0, 0.1) is 0 Å². The second-order valence-electron chi connectivity index (χ2n) is 4.55. The van der Waals surface area contributed by atoms with Gasteiger partial charge in [0.15, 0.2) is 0 Å². The van der Waals surface area contributed by atoms with Crippen molar-refractivity contribution >= 4 is 15.5 Å². The van der Waals surface area contributed by atoms with Gasteiger partial charge in [-0.3, -0.25) is 4.79 Å². The topological polar surface area (TPSA) is 84.3 Å². The molecule has 0 bridgehead atoms. The van der Waals surface area contributed by atoms with Crippen LogP contribution in [0.2, 0.25) is 0 Å². The van der Waals surface area contributed by atoms with Gasteiger partial charge in [0.25, 0.3) is 5.56 Å².